The Labute approximate surface area is 172 Å². The molecule has 0 amide bonds. The number of thioether (sulfide) groups is 1. The highest BCUT2D eigenvalue weighted by Gasteiger charge is 2.38. The van der Waals surface area contributed by atoms with Gasteiger partial charge < -0.3 is 9.88 Å². The van der Waals surface area contributed by atoms with Gasteiger partial charge in [-0.25, -0.2) is 0 Å². The highest BCUT2D eigenvalue weighted by molar-refractivity contribution is 7.99. The molecule has 9 heteroatoms. The van der Waals surface area contributed by atoms with Gasteiger partial charge in [0.2, 0.25) is 0 Å². The van der Waals surface area contributed by atoms with Gasteiger partial charge in [0.15, 0.2) is 0 Å². The van der Waals surface area contributed by atoms with Crippen LogP contribution in [0, 0.1) is 0 Å². The van der Waals surface area contributed by atoms with E-state index in [1.807, 2.05) is 18.2 Å². The molecule has 3 aromatic rings. The highest BCUT2D eigenvalue weighted by atomic mass is 32.2. The lowest BCUT2D eigenvalue weighted by Crippen LogP contribution is -2.15. The third kappa shape index (κ3) is 4.16. The van der Waals surface area contributed by atoms with Crippen molar-refractivity contribution < 1.29 is 26.3 Å². The first-order valence-corrected chi connectivity index (χ1v) is 10.2. The van der Waals surface area contributed by atoms with E-state index in [1.165, 1.54) is 0 Å². The average Bonchev–Trinajstić information content (AvgIpc) is 3.31. The minimum atomic E-state index is -4.89. The zero-order valence-corrected chi connectivity index (χ0v) is 16.3. The summed E-state index contributed by atoms with van der Waals surface area (Å²) in [5, 5.41) is 4.12. The standard InChI is InChI=1S/C21H16F6N2S/c22-20(23,24)15-5-4-14(18(9-15)21(25,26)27)10-29-7-6-17-13(2-1-3-19(17)29)8-16-11-30-12-28-16/h1-9,28H,10-12H2. The Kier molecular flexibility index (Phi) is 5.25. The number of nitrogens with one attached hydrogen (secondary N) is 1. The lowest BCUT2D eigenvalue weighted by Gasteiger charge is -2.17. The fourth-order valence-corrected chi connectivity index (χ4v) is 4.28. The summed E-state index contributed by atoms with van der Waals surface area (Å²) >= 11 is 1.75. The molecule has 2 aromatic carbocycles. The molecule has 2 nitrogen and oxygen atoms in total. The minimum absolute atomic E-state index is 0.181. The van der Waals surface area contributed by atoms with Crippen molar-refractivity contribution in [2.45, 2.75) is 18.9 Å². The van der Waals surface area contributed by atoms with E-state index < -0.39 is 23.5 Å². The van der Waals surface area contributed by atoms with Gasteiger partial charge in [0, 0.05) is 35.1 Å². The Bertz CT molecular complexity index is 1100. The zero-order chi connectivity index (χ0) is 21.5. The smallest absolute Gasteiger partial charge is 0.379 e. The van der Waals surface area contributed by atoms with E-state index in [-0.39, 0.29) is 18.2 Å². The van der Waals surface area contributed by atoms with E-state index in [2.05, 4.69) is 5.32 Å². The number of fused-ring (bicyclic) bond motifs is 1. The maximum absolute atomic E-state index is 13.5. The van der Waals surface area contributed by atoms with Crippen molar-refractivity contribution >= 4 is 28.7 Å². The second kappa shape index (κ2) is 7.61. The first kappa shape index (κ1) is 20.7. The van der Waals surface area contributed by atoms with E-state index in [0.717, 1.165) is 34.3 Å². The molecular formula is C21H16F6N2S. The highest BCUT2D eigenvalue weighted by Crippen LogP contribution is 2.38. The summed E-state index contributed by atoms with van der Waals surface area (Å²) in [7, 11) is 0. The largest absolute Gasteiger partial charge is 0.416 e. The number of benzene rings is 2. The monoisotopic (exact) mass is 442 g/mol. The van der Waals surface area contributed by atoms with Crippen molar-refractivity contribution in [2.75, 3.05) is 11.6 Å². The molecule has 1 N–H and O–H groups in total. The molecule has 1 aliphatic heterocycles. The lowest BCUT2D eigenvalue weighted by molar-refractivity contribution is -0.143. The number of halogens is 6. The summed E-state index contributed by atoms with van der Waals surface area (Å²) in [5.74, 6) is 1.69. The van der Waals surface area contributed by atoms with E-state index >= 15 is 0 Å². The molecule has 30 heavy (non-hydrogen) atoms. The molecule has 1 saturated heterocycles. The van der Waals surface area contributed by atoms with E-state index in [4.69, 9.17) is 0 Å². The minimum Gasteiger partial charge on any atom is -0.379 e. The topological polar surface area (TPSA) is 17.0 Å². The van der Waals surface area contributed by atoms with E-state index in [0.29, 0.717) is 11.6 Å². The van der Waals surface area contributed by atoms with Crippen molar-refractivity contribution in [3.05, 3.63) is 76.6 Å². The maximum Gasteiger partial charge on any atom is 0.416 e. The Balaban J connectivity index is 1.74. The Morgan fingerprint density at radius 2 is 1.80 bits per heavy atom. The normalized spacial score (nSPS) is 16.4. The molecule has 0 spiro atoms. The van der Waals surface area contributed by atoms with Crippen molar-refractivity contribution in [2.24, 2.45) is 0 Å². The van der Waals surface area contributed by atoms with Crippen molar-refractivity contribution in [1.82, 2.24) is 9.88 Å². The SMILES string of the molecule is FC(F)(F)c1ccc(Cn2ccc3c(C=C4CSCN4)cccc32)c(C(F)(F)F)c1. The summed E-state index contributed by atoms with van der Waals surface area (Å²) < 4.78 is 80.7. The van der Waals surface area contributed by atoms with Crippen LogP contribution in [0.3, 0.4) is 0 Å². The average molecular weight is 442 g/mol. The van der Waals surface area contributed by atoms with Gasteiger partial charge in [-0.05, 0) is 41.5 Å². The summed E-state index contributed by atoms with van der Waals surface area (Å²) in [4.78, 5) is 0. The van der Waals surface area contributed by atoms with Gasteiger partial charge >= 0.3 is 12.4 Å². The van der Waals surface area contributed by atoms with E-state index in [9.17, 15) is 26.3 Å². The third-order valence-corrected chi connectivity index (χ3v) is 5.78. The first-order chi connectivity index (χ1) is 14.1. The van der Waals surface area contributed by atoms with Crippen LogP contribution in [0.2, 0.25) is 0 Å². The van der Waals surface area contributed by atoms with Gasteiger partial charge in [-0.3, -0.25) is 0 Å². The Morgan fingerprint density at radius 1 is 1.00 bits per heavy atom. The van der Waals surface area contributed by atoms with Crippen molar-refractivity contribution in [3.63, 3.8) is 0 Å². The van der Waals surface area contributed by atoms with Crippen LogP contribution in [0.5, 0.6) is 0 Å². The number of hydrogen-bond donors (Lipinski definition) is 1. The molecule has 1 aromatic heterocycles. The second-order valence-corrected chi connectivity index (χ2v) is 7.92. The molecule has 2 heterocycles. The molecule has 1 fully saturated rings. The van der Waals surface area contributed by atoms with E-state index in [1.54, 1.807) is 34.7 Å². The number of alkyl halides is 6. The van der Waals surface area contributed by atoms with Gasteiger partial charge in [-0.15, -0.1) is 11.8 Å². The molecule has 1 aliphatic rings. The van der Waals surface area contributed by atoms with Crippen LogP contribution >= 0.6 is 11.8 Å². The Hall–Kier alpha value is -2.55. The summed E-state index contributed by atoms with van der Waals surface area (Å²) in [5.41, 5.74) is -0.0906. The molecule has 0 atom stereocenters. The van der Waals surface area contributed by atoms with Gasteiger partial charge in [0.1, 0.15) is 0 Å². The molecular weight excluding hydrogens is 426 g/mol. The predicted molar refractivity (Wildman–Crippen MR) is 106 cm³/mol. The number of rotatable bonds is 3. The second-order valence-electron chi connectivity index (χ2n) is 6.93. The fourth-order valence-electron chi connectivity index (χ4n) is 3.49. The third-order valence-electron chi connectivity index (χ3n) is 4.92. The molecule has 0 bridgehead atoms. The molecule has 0 radical (unpaired) electrons. The molecule has 0 unspecified atom stereocenters. The van der Waals surface area contributed by atoms with Gasteiger partial charge in [-0.2, -0.15) is 26.3 Å². The van der Waals surface area contributed by atoms with Crippen LogP contribution in [-0.2, 0) is 18.9 Å². The quantitative estimate of drug-likeness (QED) is 0.475. The zero-order valence-electron chi connectivity index (χ0n) is 15.4. The number of hydrogen-bond acceptors (Lipinski definition) is 2. The number of aromatic nitrogens is 1. The van der Waals surface area contributed by atoms with Gasteiger partial charge in [0.25, 0.3) is 0 Å². The van der Waals surface area contributed by atoms with Crippen LogP contribution in [-0.4, -0.2) is 16.2 Å². The maximum atomic E-state index is 13.5. The molecule has 158 valence electrons. The van der Waals surface area contributed by atoms with Crippen LogP contribution in [0.1, 0.15) is 22.3 Å². The lowest BCUT2D eigenvalue weighted by atomic mass is 10.0. The van der Waals surface area contributed by atoms with Crippen LogP contribution in [0.4, 0.5) is 26.3 Å². The molecule has 0 aliphatic carbocycles. The van der Waals surface area contributed by atoms with Gasteiger partial charge in [-0.1, -0.05) is 18.2 Å². The van der Waals surface area contributed by atoms with Gasteiger partial charge in [0.05, 0.1) is 17.0 Å². The summed E-state index contributed by atoms with van der Waals surface area (Å²) in [6.07, 6.45) is -6.07. The number of nitrogens with zero attached hydrogens (tertiary/aromatic N) is 1. The fraction of sp³-hybridized carbons (Fsp3) is 0.238. The molecule has 4 rings (SSSR count). The van der Waals surface area contributed by atoms with Crippen molar-refractivity contribution in [3.8, 4) is 0 Å². The van der Waals surface area contributed by atoms with Crippen LogP contribution in [0.25, 0.3) is 17.0 Å². The Morgan fingerprint density at radius 3 is 2.47 bits per heavy atom. The van der Waals surface area contributed by atoms with Crippen LogP contribution < -0.4 is 5.32 Å². The van der Waals surface area contributed by atoms with Crippen LogP contribution in [0.15, 0.2) is 54.4 Å². The first-order valence-electron chi connectivity index (χ1n) is 9.00. The van der Waals surface area contributed by atoms with Crippen molar-refractivity contribution in [1.29, 1.82) is 0 Å². The summed E-state index contributed by atoms with van der Waals surface area (Å²) in [6, 6.07) is 9.10. The predicted octanol–water partition coefficient (Wildman–Crippen LogP) is 6.36. The summed E-state index contributed by atoms with van der Waals surface area (Å²) in [6.45, 7) is -0.190. The molecule has 0 saturated carbocycles.